The van der Waals surface area contributed by atoms with Gasteiger partial charge < -0.3 is 5.32 Å². The van der Waals surface area contributed by atoms with Gasteiger partial charge in [0, 0.05) is 5.38 Å². The first kappa shape index (κ1) is 11.2. The standard InChI is InChI=1S/C7H3Cl2N5OS/c8-4-5(9)10-2-11-6(4)12-7(15)3-1-16-14-13-3/h1-2H,(H,10,11,12,15). The number of hydrogen-bond acceptors (Lipinski definition) is 6. The van der Waals surface area contributed by atoms with Gasteiger partial charge in [-0.2, -0.15) is 0 Å². The van der Waals surface area contributed by atoms with Crippen LogP contribution in [0.4, 0.5) is 5.82 Å². The Bertz CT molecular complexity index is 518. The zero-order valence-electron chi connectivity index (χ0n) is 7.52. The van der Waals surface area contributed by atoms with Crippen molar-refractivity contribution in [2.45, 2.75) is 0 Å². The molecule has 2 aromatic heterocycles. The predicted molar refractivity (Wildman–Crippen MR) is 59.9 cm³/mol. The molecule has 0 saturated carbocycles. The summed E-state index contributed by atoms with van der Waals surface area (Å²) in [7, 11) is 0. The fraction of sp³-hybridized carbons (Fsp3) is 0. The first-order valence-corrected chi connectivity index (χ1v) is 5.52. The van der Waals surface area contributed by atoms with Crippen LogP contribution >= 0.6 is 34.7 Å². The van der Waals surface area contributed by atoms with Gasteiger partial charge in [-0.1, -0.05) is 27.7 Å². The second-order valence-electron chi connectivity index (χ2n) is 2.57. The minimum Gasteiger partial charge on any atom is -0.304 e. The van der Waals surface area contributed by atoms with E-state index < -0.39 is 5.91 Å². The Labute approximate surface area is 104 Å². The van der Waals surface area contributed by atoms with Crippen molar-refractivity contribution in [1.29, 1.82) is 0 Å². The zero-order chi connectivity index (χ0) is 11.5. The molecule has 0 unspecified atom stereocenters. The molecule has 2 heterocycles. The third-order valence-corrected chi connectivity index (χ3v) is 2.82. The molecule has 0 bridgehead atoms. The van der Waals surface area contributed by atoms with E-state index in [0.29, 0.717) is 0 Å². The summed E-state index contributed by atoms with van der Waals surface area (Å²) in [6.07, 6.45) is 1.20. The van der Waals surface area contributed by atoms with Crippen LogP contribution in [0.2, 0.25) is 10.2 Å². The van der Waals surface area contributed by atoms with Gasteiger partial charge in [-0.25, -0.2) is 9.97 Å². The lowest BCUT2D eigenvalue weighted by atomic mass is 10.4. The highest BCUT2D eigenvalue weighted by Crippen LogP contribution is 2.25. The van der Waals surface area contributed by atoms with Gasteiger partial charge in [-0.15, -0.1) is 5.10 Å². The van der Waals surface area contributed by atoms with Crippen LogP contribution in [-0.4, -0.2) is 25.5 Å². The second-order valence-corrected chi connectivity index (χ2v) is 3.92. The maximum Gasteiger partial charge on any atom is 0.278 e. The Morgan fingerprint density at radius 3 is 2.88 bits per heavy atom. The normalized spacial score (nSPS) is 10.1. The van der Waals surface area contributed by atoms with E-state index in [0.717, 1.165) is 11.5 Å². The fourth-order valence-electron chi connectivity index (χ4n) is 0.871. The van der Waals surface area contributed by atoms with Gasteiger partial charge in [0.05, 0.1) is 0 Å². The monoisotopic (exact) mass is 275 g/mol. The fourth-order valence-corrected chi connectivity index (χ4v) is 1.58. The summed E-state index contributed by atoms with van der Waals surface area (Å²) in [5.41, 5.74) is 0.191. The second kappa shape index (κ2) is 4.69. The topological polar surface area (TPSA) is 80.7 Å². The van der Waals surface area contributed by atoms with E-state index in [2.05, 4.69) is 24.9 Å². The van der Waals surface area contributed by atoms with E-state index in [1.54, 1.807) is 0 Å². The minimum atomic E-state index is -0.453. The number of amides is 1. The largest absolute Gasteiger partial charge is 0.304 e. The smallest absolute Gasteiger partial charge is 0.278 e. The molecule has 1 amide bonds. The molecule has 1 N–H and O–H groups in total. The van der Waals surface area contributed by atoms with Crippen molar-refractivity contribution in [2.24, 2.45) is 0 Å². The molecular formula is C7H3Cl2N5OS. The van der Waals surface area contributed by atoms with Crippen molar-refractivity contribution in [3.05, 3.63) is 27.6 Å². The van der Waals surface area contributed by atoms with Gasteiger partial charge in [0.1, 0.15) is 11.3 Å². The summed E-state index contributed by atoms with van der Waals surface area (Å²) in [5, 5.41) is 7.72. The lowest BCUT2D eigenvalue weighted by Crippen LogP contribution is -2.14. The average molecular weight is 276 g/mol. The van der Waals surface area contributed by atoms with Gasteiger partial charge in [0.2, 0.25) is 0 Å². The first-order valence-electron chi connectivity index (χ1n) is 3.93. The molecular weight excluding hydrogens is 273 g/mol. The summed E-state index contributed by atoms with van der Waals surface area (Å²) in [6, 6.07) is 0. The van der Waals surface area contributed by atoms with Crippen molar-refractivity contribution in [3.63, 3.8) is 0 Å². The zero-order valence-corrected chi connectivity index (χ0v) is 9.84. The number of nitrogens with one attached hydrogen (secondary N) is 1. The molecule has 6 nitrogen and oxygen atoms in total. The quantitative estimate of drug-likeness (QED) is 0.847. The van der Waals surface area contributed by atoms with Crippen LogP contribution < -0.4 is 5.32 Å². The highest BCUT2D eigenvalue weighted by molar-refractivity contribution is 7.03. The lowest BCUT2D eigenvalue weighted by molar-refractivity contribution is 0.102. The lowest BCUT2D eigenvalue weighted by Gasteiger charge is -2.03. The highest BCUT2D eigenvalue weighted by atomic mass is 35.5. The van der Waals surface area contributed by atoms with Crippen molar-refractivity contribution in [3.8, 4) is 0 Å². The number of aromatic nitrogens is 4. The van der Waals surface area contributed by atoms with E-state index in [1.807, 2.05) is 0 Å². The molecule has 0 aromatic carbocycles. The molecule has 0 aliphatic heterocycles. The van der Waals surface area contributed by atoms with E-state index in [9.17, 15) is 4.79 Å². The molecule has 0 aliphatic carbocycles. The Hall–Kier alpha value is -1.31. The van der Waals surface area contributed by atoms with Crippen molar-refractivity contribution < 1.29 is 4.79 Å². The summed E-state index contributed by atoms with van der Waals surface area (Å²) in [4.78, 5) is 19.0. The maximum atomic E-state index is 11.6. The van der Waals surface area contributed by atoms with Crippen LogP contribution in [0, 0.1) is 0 Å². The van der Waals surface area contributed by atoms with Gasteiger partial charge in [-0.05, 0) is 11.5 Å². The Kier molecular flexibility index (Phi) is 3.28. The molecule has 0 radical (unpaired) electrons. The molecule has 0 aliphatic rings. The number of carbonyl (C=O) groups is 1. The van der Waals surface area contributed by atoms with Crippen molar-refractivity contribution >= 4 is 46.5 Å². The summed E-state index contributed by atoms with van der Waals surface area (Å²) in [5.74, 6) is -0.315. The van der Waals surface area contributed by atoms with Crippen LogP contribution in [0.1, 0.15) is 10.5 Å². The summed E-state index contributed by atoms with van der Waals surface area (Å²) >= 11 is 12.5. The van der Waals surface area contributed by atoms with E-state index in [4.69, 9.17) is 23.2 Å². The van der Waals surface area contributed by atoms with Crippen LogP contribution in [-0.2, 0) is 0 Å². The highest BCUT2D eigenvalue weighted by Gasteiger charge is 2.13. The Morgan fingerprint density at radius 2 is 2.19 bits per heavy atom. The van der Waals surface area contributed by atoms with Crippen molar-refractivity contribution in [2.75, 3.05) is 5.32 Å². The molecule has 0 fully saturated rings. The molecule has 0 saturated heterocycles. The summed E-state index contributed by atoms with van der Waals surface area (Å²) in [6.45, 7) is 0. The van der Waals surface area contributed by atoms with Crippen LogP contribution in [0.3, 0.4) is 0 Å². The molecule has 9 heteroatoms. The number of rotatable bonds is 2. The third-order valence-electron chi connectivity index (χ3n) is 1.57. The minimum absolute atomic E-state index is 0.0726. The van der Waals surface area contributed by atoms with E-state index in [1.165, 1.54) is 11.7 Å². The third kappa shape index (κ3) is 2.26. The molecule has 2 rings (SSSR count). The van der Waals surface area contributed by atoms with E-state index in [-0.39, 0.29) is 21.7 Å². The maximum absolute atomic E-state index is 11.6. The molecule has 16 heavy (non-hydrogen) atoms. The Balaban J connectivity index is 2.22. The van der Waals surface area contributed by atoms with Gasteiger partial charge >= 0.3 is 0 Å². The molecule has 82 valence electrons. The molecule has 0 atom stereocenters. The van der Waals surface area contributed by atoms with Crippen LogP contribution in [0.15, 0.2) is 11.7 Å². The van der Waals surface area contributed by atoms with Crippen LogP contribution in [0.25, 0.3) is 0 Å². The predicted octanol–water partition coefficient (Wildman–Crippen LogP) is 1.89. The van der Waals surface area contributed by atoms with Gasteiger partial charge in [0.15, 0.2) is 16.7 Å². The summed E-state index contributed by atoms with van der Waals surface area (Å²) < 4.78 is 3.56. The van der Waals surface area contributed by atoms with Gasteiger partial charge in [-0.3, -0.25) is 4.79 Å². The number of halogens is 2. The molecule has 2 aromatic rings. The number of hydrogen-bond donors (Lipinski definition) is 1. The van der Waals surface area contributed by atoms with Crippen LogP contribution in [0.5, 0.6) is 0 Å². The molecule has 0 spiro atoms. The van der Waals surface area contributed by atoms with Crippen molar-refractivity contribution in [1.82, 2.24) is 19.6 Å². The number of carbonyl (C=O) groups excluding carboxylic acids is 1. The number of nitrogens with zero attached hydrogens (tertiary/aromatic N) is 4. The van der Waals surface area contributed by atoms with Gasteiger partial charge in [0.25, 0.3) is 5.91 Å². The average Bonchev–Trinajstić information content (AvgIpc) is 2.78. The Morgan fingerprint density at radius 1 is 1.38 bits per heavy atom. The van der Waals surface area contributed by atoms with E-state index >= 15 is 0 Å². The SMILES string of the molecule is O=C(Nc1ncnc(Cl)c1Cl)c1csnn1. The first-order chi connectivity index (χ1) is 7.68. The number of anilines is 1.